The lowest BCUT2D eigenvalue weighted by molar-refractivity contribution is 0.0953. The normalized spacial score (nSPS) is 10.2. The Morgan fingerprint density at radius 3 is 2.15 bits per heavy atom. The van der Waals surface area contributed by atoms with Crippen molar-refractivity contribution in [3.05, 3.63) is 60.2 Å². The Hall–Kier alpha value is -2.90. The van der Waals surface area contributed by atoms with Crippen LogP contribution in [-0.4, -0.2) is 45.3 Å². The topological polar surface area (TPSA) is 91.5 Å². The standard InChI is InChI=1S/C19H24N4O3/c1-26-14-13-20-11-12-21-18(24)15-7-9-17(10-8-15)23-19(25)22-16-5-3-2-4-6-16/h2-10,20H,11-14H2,1H3,(H,21,24)(H2,22,23,25). The van der Waals surface area contributed by atoms with Gasteiger partial charge in [-0.1, -0.05) is 18.2 Å². The summed E-state index contributed by atoms with van der Waals surface area (Å²) in [5.74, 6) is -0.154. The van der Waals surface area contributed by atoms with Crippen molar-refractivity contribution in [3.8, 4) is 0 Å². The number of rotatable bonds is 9. The van der Waals surface area contributed by atoms with E-state index < -0.39 is 0 Å². The first-order valence-corrected chi connectivity index (χ1v) is 8.40. The molecule has 0 bridgehead atoms. The third-order valence-corrected chi connectivity index (χ3v) is 3.51. The van der Waals surface area contributed by atoms with E-state index in [1.165, 1.54) is 0 Å². The van der Waals surface area contributed by atoms with Gasteiger partial charge in [-0.2, -0.15) is 0 Å². The SMILES string of the molecule is COCCNCCNC(=O)c1ccc(NC(=O)Nc2ccccc2)cc1. The zero-order chi connectivity index (χ0) is 18.6. The van der Waals surface area contributed by atoms with Crippen LogP contribution in [-0.2, 0) is 4.74 Å². The van der Waals surface area contributed by atoms with E-state index in [4.69, 9.17) is 4.74 Å². The predicted molar refractivity (Wildman–Crippen MR) is 103 cm³/mol. The number of carbonyl (C=O) groups is 2. The zero-order valence-electron chi connectivity index (χ0n) is 14.7. The highest BCUT2D eigenvalue weighted by Gasteiger charge is 2.06. The molecule has 138 valence electrons. The third-order valence-electron chi connectivity index (χ3n) is 3.51. The first kappa shape index (κ1) is 19.4. The van der Waals surface area contributed by atoms with Gasteiger partial charge in [-0.15, -0.1) is 0 Å². The van der Waals surface area contributed by atoms with Crippen molar-refractivity contribution in [3.63, 3.8) is 0 Å². The number of para-hydroxylation sites is 1. The summed E-state index contributed by atoms with van der Waals surface area (Å²) in [7, 11) is 1.65. The summed E-state index contributed by atoms with van der Waals surface area (Å²) >= 11 is 0. The van der Waals surface area contributed by atoms with Crippen molar-refractivity contribution in [2.24, 2.45) is 0 Å². The maximum atomic E-state index is 12.0. The van der Waals surface area contributed by atoms with Gasteiger partial charge in [0.25, 0.3) is 5.91 Å². The van der Waals surface area contributed by atoms with Gasteiger partial charge in [0, 0.05) is 43.7 Å². The molecule has 2 aromatic rings. The summed E-state index contributed by atoms with van der Waals surface area (Å²) < 4.78 is 4.93. The molecule has 3 amide bonds. The average molecular weight is 356 g/mol. The lowest BCUT2D eigenvalue weighted by atomic mass is 10.2. The van der Waals surface area contributed by atoms with Crippen molar-refractivity contribution in [1.29, 1.82) is 0 Å². The van der Waals surface area contributed by atoms with Gasteiger partial charge in [-0.25, -0.2) is 4.79 Å². The number of methoxy groups -OCH3 is 1. The molecule has 0 aliphatic carbocycles. The molecule has 7 heteroatoms. The largest absolute Gasteiger partial charge is 0.383 e. The molecule has 7 nitrogen and oxygen atoms in total. The molecule has 0 spiro atoms. The Labute approximate surface area is 153 Å². The molecule has 0 radical (unpaired) electrons. The molecule has 0 saturated heterocycles. The fraction of sp³-hybridized carbons (Fsp3) is 0.263. The van der Waals surface area contributed by atoms with Gasteiger partial charge in [0.2, 0.25) is 0 Å². The Morgan fingerprint density at radius 2 is 1.50 bits per heavy atom. The highest BCUT2D eigenvalue weighted by molar-refractivity contribution is 6.00. The molecule has 0 heterocycles. The van der Waals surface area contributed by atoms with Crippen LogP contribution < -0.4 is 21.3 Å². The van der Waals surface area contributed by atoms with Gasteiger partial charge in [-0.05, 0) is 36.4 Å². The van der Waals surface area contributed by atoms with E-state index >= 15 is 0 Å². The predicted octanol–water partition coefficient (Wildman–Crippen LogP) is 2.30. The van der Waals surface area contributed by atoms with Gasteiger partial charge >= 0.3 is 6.03 Å². The number of amides is 3. The Bertz CT molecular complexity index is 690. The van der Waals surface area contributed by atoms with Crippen molar-refractivity contribution in [2.45, 2.75) is 0 Å². The molecule has 2 rings (SSSR count). The molecule has 4 N–H and O–H groups in total. The van der Waals surface area contributed by atoms with Gasteiger partial charge in [0.05, 0.1) is 6.61 Å². The Balaban J connectivity index is 1.74. The first-order valence-electron chi connectivity index (χ1n) is 8.40. The zero-order valence-corrected chi connectivity index (χ0v) is 14.7. The monoisotopic (exact) mass is 356 g/mol. The van der Waals surface area contributed by atoms with Crippen molar-refractivity contribution < 1.29 is 14.3 Å². The van der Waals surface area contributed by atoms with Crippen LogP contribution >= 0.6 is 0 Å². The highest BCUT2D eigenvalue weighted by Crippen LogP contribution is 2.11. The number of anilines is 2. The molecule has 0 fully saturated rings. The fourth-order valence-corrected chi connectivity index (χ4v) is 2.19. The number of nitrogens with one attached hydrogen (secondary N) is 4. The van der Waals surface area contributed by atoms with Gasteiger partial charge in [0.1, 0.15) is 0 Å². The van der Waals surface area contributed by atoms with Crippen LogP contribution in [0.25, 0.3) is 0 Å². The van der Waals surface area contributed by atoms with Crippen LogP contribution in [0.3, 0.4) is 0 Å². The molecule has 0 unspecified atom stereocenters. The molecule has 0 aromatic heterocycles. The molecular weight excluding hydrogens is 332 g/mol. The number of hydrogen-bond donors (Lipinski definition) is 4. The van der Waals surface area contributed by atoms with E-state index in [1.807, 2.05) is 18.2 Å². The van der Waals surface area contributed by atoms with E-state index in [1.54, 1.807) is 43.5 Å². The Morgan fingerprint density at radius 1 is 0.846 bits per heavy atom. The minimum Gasteiger partial charge on any atom is -0.383 e. The number of urea groups is 1. The summed E-state index contributed by atoms with van der Waals surface area (Å²) in [6, 6.07) is 15.6. The van der Waals surface area contributed by atoms with Gasteiger partial charge in [0.15, 0.2) is 0 Å². The third kappa shape index (κ3) is 6.92. The second kappa shape index (κ2) is 10.9. The summed E-state index contributed by atoms with van der Waals surface area (Å²) in [5, 5.41) is 11.4. The molecule has 0 aliphatic heterocycles. The van der Waals surface area contributed by atoms with Crippen molar-refractivity contribution in [1.82, 2.24) is 10.6 Å². The minimum absolute atomic E-state index is 0.154. The number of benzene rings is 2. The fourth-order valence-electron chi connectivity index (χ4n) is 2.19. The van der Waals surface area contributed by atoms with Crippen LogP contribution in [0.5, 0.6) is 0 Å². The molecular formula is C19H24N4O3. The first-order chi connectivity index (χ1) is 12.7. The number of ether oxygens (including phenoxy) is 1. The summed E-state index contributed by atoms with van der Waals surface area (Å²) in [5.41, 5.74) is 1.85. The smallest absolute Gasteiger partial charge is 0.323 e. The van der Waals surface area contributed by atoms with Crippen LogP contribution in [0.15, 0.2) is 54.6 Å². The van der Waals surface area contributed by atoms with E-state index in [0.29, 0.717) is 36.6 Å². The molecule has 26 heavy (non-hydrogen) atoms. The molecule has 0 aliphatic rings. The number of carbonyl (C=O) groups excluding carboxylic acids is 2. The average Bonchev–Trinajstić information content (AvgIpc) is 2.65. The maximum Gasteiger partial charge on any atom is 0.323 e. The lowest BCUT2D eigenvalue weighted by Crippen LogP contribution is -2.33. The summed E-state index contributed by atoms with van der Waals surface area (Å²) in [6.07, 6.45) is 0. The van der Waals surface area contributed by atoms with Crippen LogP contribution in [0.2, 0.25) is 0 Å². The molecule has 0 atom stereocenters. The van der Waals surface area contributed by atoms with Gasteiger partial charge < -0.3 is 26.0 Å². The van der Waals surface area contributed by atoms with Crippen LogP contribution in [0.1, 0.15) is 10.4 Å². The Kier molecular flexibility index (Phi) is 8.11. The molecule has 2 aromatic carbocycles. The van der Waals surface area contributed by atoms with Gasteiger partial charge in [-0.3, -0.25) is 4.79 Å². The second-order valence-corrected chi connectivity index (χ2v) is 5.52. The minimum atomic E-state index is -0.337. The van der Waals surface area contributed by atoms with Crippen molar-refractivity contribution in [2.75, 3.05) is 44.0 Å². The van der Waals surface area contributed by atoms with E-state index in [0.717, 1.165) is 6.54 Å². The van der Waals surface area contributed by atoms with E-state index in [-0.39, 0.29) is 11.9 Å². The van der Waals surface area contributed by atoms with E-state index in [2.05, 4.69) is 21.3 Å². The van der Waals surface area contributed by atoms with Crippen LogP contribution in [0, 0.1) is 0 Å². The quantitative estimate of drug-likeness (QED) is 0.519. The number of hydrogen-bond acceptors (Lipinski definition) is 4. The van der Waals surface area contributed by atoms with Crippen LogP contribution in [0.4, 0.5) is 16.2 Å². The highest BCUT2D eigenvalue weighted by atomic mass is 16.5. The summed E-state index contributed by atoms with van der Waals surface area (Å²) in [4.78, 5) is 24.0. The second-order valence-electron chi connectivity index (χ2n) is 5.52. The lowest BCUT2D eigenvalue weighted by Gasteiger charge is -2.09. The maximum absolute atomic E-state index is 12.0. The van der Waals surface area contributed by atoms with E-state index in [9.17, 15) is 9.59 Å². The van der Waals surface area contributed by atoms with Crippen molar-refractivity contribution >= 4 is 23.3 Å². The summed E-state index contributed by atoms with van der Waals surface area (Å²) in [6.45, 7) is 2.59. The molecule has 0 saturated carbocycles.